The van der Waals surface area contributed by atoms with Crippen molar-refractivity contribution in [2.75, 3.05) is 18.4 Å². The van der Waals surface area contributed by atoms with Gasteiger partial charge in [-0.1, -0.05) is 0 Å². The van der Waals surface area contributed by atoms with Crippen LogP contribution in [0.5, 0.6) is 5.75 Å². The predicted octanol–water partition coefficient (Wildman–Crippen LogP) is 2.84. The molecule has 1 aliphatic rings. The Morgan fingerprint density at radius 2 is 1.94 bits per heavy atom. The van der Waals surface area contributed by atoms with Gasteiger partial charge in [0.15, 0.2) is 0 Å². The van der Waals surface area contributed by atoms with Gasteiger partial charge in [-0.3, -0.25) is 0 Å². The van der Waals surface area contributed by atoms with E-state index in [-0.39, 0.29) is 5.75 Å². The van der Waals surface area contributed by atoms with Gasteiger partial charge >= 0.3 is 6.61 Å². The zero-order valence-electron chi connectivity index (χ0n) is 10.2. The third-order valence-electron chi connectivity index (χ3n) is 3.03. The van der Waals surface area contributed by atoms with E-state index in [1.54, 1.807) is 24.3 Å². The Kier molecular flexibility index (Phi) is 4.75. The van der Waals surface area contributed by atoms with Crippen molar-refractivity contribution < 1.29 is 13.5 Å². The molecule has 5 heteroatoms. The standard InChI is InChI=1S/C13H18F2N2O/c14-13(15)18-12-5-3-11(4-6-12)17-10-2-1-8-16-9-7-10/h3-6,10,13,16-17H,1-2,7-9H2. The number of nitrogens with one attached hydrogen (secondary N) is 2. The summed E-state index contributed by atoms with van der Waals surface area (Å²) in [6.07, 6.45) is 3.36. The lowest BCUT2D eigenvalue weighted by Gasteiger charge is -2.17. The van der Waals surface area contributed by atoms with Gasteiger partial charge < -0.3 is 15.4 Å². The fraction of sp³-hybridized carbons (Fsp3) is 0.538. The van der Waals surface area contributed by atoms with Gasteiger partial charge in [0.2, 0.25) is 0 Å². The van der Waals surface area contributed by atoms with E-state index < -0.39 is 6.61 Å². The van der Waals surface area contributed by atoms with Crippen molar-refractivity contribution in [2.24, 2.45) is 0 Å². The van der Waals surface area contributed by atoms with Crippen molar-refractivity contribution >= 4 is 5.69 Å². The molecule has 1 aromatic rings. The van der Waals surface area contributed by atoms with Gasteiger partial charge in [-0.15, -0.1) is 0 Å². The molecule has 0 spiro atoms. The van der Waals surface area contributed by atoms with Gasteiger partial charge in [0, 0.05) is 11.7 Å². The molecule has 100 valence electrons. The lowest BCUT2D eigenvalue weighted by atomic mass is 10.1. The summed E-state index contributed by atoms with van der Waals surface area (Å²) >= 11 is 0. The minimum absolute atomic E-state index is 0.193. The van der Waals surface area contributed by atoms with Crippen molar-refractivity contribution in [3.63, 3.8) is 0 Å². The molecule has 0 saturated carbocycles. The van der Waals surface area contributed by atoms with Crippen LogP contribution in [0.3, 0.4) is 0 Å². The smallest absolute Gasteiger partial charge is 0.387 e. The quantitative estimate of drug-likeness (QED) is 0.869. The molecule has 1 saturated heterocycles. The maximum Gasteiger partial charge on any atom is 0.387 e. The fourth-order valence-electron chi connectivity index (χ4n) is 2.13. The molecule has 1 aromatic carbocycles. The maximum atomic E-state index is 12.0. The Hall–Kier alpha value is -1.36. The molecule has 0 bridgehead atoms. The van der Waals surface area contributed by atoms with Crippen LogP contribution in [0, 0.1) is 0 Å². The monoisotopic (exact) mass is 256 g/mol. The van der Waals surface area contributed by atoms with Crippen LogP contribution in [0.1, 0.15) is 19.3 Å². The Labute approximate surface area is 106 Å². The second-order valence-corrected chi connectivity index (χ2v) is 4.43. The van der Waals surface area contributed by atoms with Crippen LogP contribution in [0.4, 0.5) is 14.5 Å². The zero-order chi connectivity index (χ0) is 12.8. The molecule has 1 fully saturated rings. The van der Waals surface area contributed by atoms with Crippen molar-refractivity contribution in [1.29, 1.82) is 0 Å². The average Bonchev–Trinajstić information content (AvgIpc) is 2.60. The highest BCUT2D eigenvalue weighted by Crippen LogP contribution is 2.20. The highest BCUT2D eigenvalue weighted by molar-refractivity contribution is 5.47. The SMILES string of the molecule is FC(F)Oc1ccc(NC2CCCNCC2)cc1. The summed E-state index contributed by atoms with van der Waals surface area (Å²) in [4.78, 5) is 0. The van der Waals surface area contributed by atoms with E-state index in [0.717, 1.165) is 38.0 Å². The van der Waals surface area contributed by atoms with Crippen molar-refractivity contribution in [3.05, 3.63) is 24.3 Å². The Morgan fingerprint density at radius 1 is 1.17 bits per heavy atom. The number of rotatable bonds is 4. The van der Waals surface area contributed by atoms with Gasteiger partial charge in [0.05, 0.1) is 0 Å². The number of alkyl halides is 2. The van der Waals surface area contributed by atoms with Gasteiger partial charge in [0.1, 0.15) is 5.75 Å². The molecule has 18 heavy (non-hydrogen) atoms. The van der Waals surface area contributed by atoms with E-state index in [2.05, 4.69) is 15.4 Å². The number of ether oxygens (including phenoxy) is 1. The number of hydrogen-bond acceptors (Lipinski definition) is 3. The van der Waals surface area contributed by atoms with E-state index in [1.807, 2.05) is 0 Å². The van der Waals surface area contributed by atoms with Crippen LogP contribution in [0.15, 0.2) is 24.3 Å². The Balaban J connectivity index is 1.88. The van der Waals surface area contributed by atoms with E-state index in [9.17, 15) is 8.78 Å². The first-order valence-corrected chi connectivity index (χ1v) is 6.26. The van der Waals surface area contributed by atoms with Crippen LogP contribution in [0.25, 0.3) is 0 Å². The van der Waals surface area contributed by atoms with Crippen LogP contribution in [-0.2, 0) is 0 Å². The highest BCUT2D eigenvalue weighted by Gasteiger charge is 2.11. The summed E-state index contributed by atoms with van der Waals surface area (Å²) in [5.41, 5.74) is 0.948. The number of hydrogen-bond donors (Lipinski definition) is 2. The molecule has 1 atom stereocenters. The van der Waals surface area contributed by atoms with Crippen molar-refractivity contribution in [3.8, 4) is 5.75 Å². The molecule has 0 aromatic heterocycles. The Morgan fingerprint density at radius 3 is 2.67 bits per heavy atom. The molecule has 0 amide bonds. The summed E-state index contributed by atoms with van der Waals surface area (Å²) in [5.74, 6) is 0.193. The molecule has 3 nitrogen and oxygen atoms in total. The first-order chi connectivity index (χ1) is 8.74. The minimum atomic E-state index is -2.77. The summed E-state index contributed by atoms with van der Waals surface area (Å²) < 4.78 is 28.3. The van der Waals surface area contributed by atoms with Crippen LogP contribution < -0.4 is 15.4 Å². The normalized spacial score (nSPS) is 20.5. The molecule has 1 unspecified atom stereocenters. The van der Waals surface area contributed by atoms with E-state index in [1.165, 1.54) is 0 Å². The van der Waals surface area contributed by atoms with Crippen molar-refractivity contribution in [1.82, 2.24) is 5.32 Å². The second kappa shape index (κ2) is 6.54. The van der Waals surface area contributed by atoms with E-state index >= 15 is 0 Å². The Bertz CT molecular complexity index is 349. The lowest BCUT2D eigenvalue weighted by molar-refractivity contribution is -0.0498. The first kappa shape index (κ1) is 13.1. The van der Waals surface area contributed by atoms with Crippen LogP contribution in [0.2, 0.25) is 0 Å². The average molecular weight is 256 g/mol. The summed E-state index contributed by atoms with van der Waals surface area (Å²) in [6, 6.07) is 7.11. The van der Waals surface area contributed by atoms with Crippen LogP contribution in [-0.4, -0.2) is 25.7 Å². The number of halogens is 2. The minimum Gasteiger partial charge on any atom is -0.435 e. The molecule has 2 rings (SSSR count). The third kappa shape index (κ3) is 4.14. The van der Waals surface area contributed by atoms with Gasteiger partial charge in [-0.05, 0) is 56.6 Å². The van der Waals surface area contributed by atoms with Gasteiger partial charge in [-0.25, -0.2) is 0 Å². The number of benzene rings is 1. The lowest BCUT2D eigenvalue weighted by Crippen LogP contribution is -2.21. The summed E-state index contributed by atoms with van der Waals surface area (Å²) in [5, 5.41) is 6.77. The largest absolute Gasteiger partial charge is 0.435 e. The van der Waals surface area contributed by atoms with Crippen molar-refractivity contribution in [2.45, 2.75) is 31.9 Å². The van der Waals surface area contributed by atoms with E-state index in [4.69, 9.17) is 0 Å². The highest BCUT2D eigenvalue weighted by atomic mass is 19.3. The topological polar surface area (TPSA) is 33.3 Å². The molecule has 2 N–H and O–H groups in total. The van der Waals surface area contributed by atoms with Gasteiger partial charge in [-0.2, -0.15) is 8.78 Å². The van der Waals surface area contributed by atoms with Gasteiger partial charge in [0.25, 0.3) is 0 Å². The summed E-state index contributed by atoms with van der Waals surface area (Å²) in [6.45, 7) is -0.680. The molecule has 1 heterocycles. The molecule has 0 radical (unpaired) electrons. The van der Waals surface area contributed by atoms with Crippen LogP contribution >= 0.6 is 0 Å². The number of anilines is 1. The zero-order valence-corrected chi connectivity index (χ0v) is 10.2. The fourth-order valence-corrected chi connectivity index (χ4v) is 2.13. The molecule has 0 aliphatic carbocycles. The second-order valence-electron chi connectivity index (χ2n) is 4.43. The molecular formula is C13H18F2N2O. The molecule has 1 aliphatic heterocycles. The maximum absolute atomic E-state index is 12.0. The first-order valence-electron chi connectivity index (χ1n) is 6.26. The predicted molar refractivity (Wildman–Crippen MR) is 67.2 cm³/mol. The summed E-state index contributed by atoms with van der Waals surface area (Å²) in [7, 11) is 0. The molecular weight excluding hydrogens is 238 g/mol. The third-order valence-corrected chi connectivity index (χ3v) is 3.03. The van der Waals surface area contributed by atoms with E-state index in [0.29, 0.717) is 6.04 Å².